The van der Waals surface area contributed by atoms with Crippen molar-refractivity contribution in [1.29, 1.82) is 5.26 Å². The molecule has 0 aliphatic heterocycles. The summed E-state index contributed by atoms with van der Waals surface area (Å²) >= 11 is 1.27. The van der Waals surface area contributed by atoms with E-state index in [1.807, 2.05) is 36.4 Å². The number of rotatable bonds is 5. The molecule has 0 amide bonds. The molecule has 8 heteroatoms. The number of aromatic amines is 1. The lowest BCUT2D eigenvalue weighted by molar-refractivity contribution is 0.415. The van der Waals surface area contributed by atoms with Gasteiger partial charge in [-0.3, -0.25) is 4.79 Å². The van der Waals surface area contributed by atoms with Crippen LogP contribution < -0.4 is 15.9 Å². The molecule has 5 rings (SSSR count). The molecule has 7 nitrogen and oxygen atoms in total. The van der Waals surface area contributed by atoms with Crippen LogP contribution >= 0.6 is 11.8 Å². The van der Waals surface area contributed by atoms with Crippen molar-refractivity contribution < 1.29 is 9.15 Å². The molecular weight excluding hydrogens is 450 g/mol. The topological polar surface area (TPSA) is 109 Å². The van der Waals surface area contributed by atoms with E-state index in [1.54, 1.807) is 37.4 Å². The molecule has 0 aliphatic rings. The maximum absolute atomic E-state index is 12.6. The van der Waals surface area contributed by atoms with E-state index in [-0.39, 0.29) is 5.56 Å². The molecule has 3 aromatic carbocycles. The van der Waals surface area contributed by atoms with Crippen LogP contribution in [-0.4, -0.2) is 17.1 Å². The molecule has 0 bridgehead atoms. The lowest BCUT2D eigenvalue weighted by atomic mass is 10.0. The van der Waals surface area contributed by atoms with E-state index >= 15 is 0 Å². The second kappa shape index (κ2) is 8.89. The summed E-state index contributed by atoms with van der Waals surface area (Å²) in [5, 5.41) is 12.7. The fraction of sp³-hybridized carbons (Fsp3) is 0.0769. The third kappa shape index (κ3) is 3.93. The highest BCUT2D eigenvalue weighted by Gasteiger charge is 2.15. The highest BCUT2D eigenvalue weighted by Crippen LogP contribution is 2.31. The first-order valence-corrected chi connectivity index (χ1v) is 11.3. The minimum Gasteiger partial charge on any atom is -0.497 e. The Hall–Kier alpha value is -4.35. The molecular formula is C26H17N3O4S. The number of H-pyrrole nitrogens is 1. The van der Waals surface area contributed by atoms with E-state index in [2.05, 4.69) is 9.97 Å². The minimum absolute atomic E-state index is 0.0636. The van der Waals surface area contributed by atoms with Gasteiger partial charge in [0.25, 0.3) is 5.56 Å². The number of methoxy groups -OCH3 is 1. The second-order valence-electron chi connectivity index (χ2n) is 7.47. The van der Waals surface area contributed by atoms with Crippen LogP contribution in [0, 0.1) is 11.3 Å². The van der Waals surface area contributed by atoms with Crippen molar-refractivity contribution in [2.45, 2.75) is 10.9 Å². The number of nitriles is 1. The van der Waals surface area contributed by atoms with E-state index in [0.29, 0.717) is 33.5 Å². The Balaban J connectivity index is 1.57. The number of ether oxygens (including phenoxy) is 1. The minimum atomic E-state index is -0.520. The molecule has 0 saturated heterocycles. The normalized spacial score (nSPS) is 10.9. The number of thioether (sulfide) groups is 1. The van der Waals surface area contributed by atoms with Crippen LogP contribution in [-0.2, 0) is 5.75 Å². The Labute approximate surface area is 197 Å². The molecule has 0 radical (unpaired) electrons. The third-order valence-corrected chi connectivity index (χ3v) is 6.37. The second-order valence-corrected chi connectivity index (χ2v) is 8.44. The first-order chi connectivity index (χ1) is 16.6. The Bertz CT molecular complexity index is 1700. The standard InChI is InChI=1S/C26H17N3O4S/c1-32-18-9-6-16(7-10-18)24-20(13-27)25(31)29-26(28-24)34-14-17-12-22(30)33-21-11-8-15-4-2-3-5-19(15)23(17)21/h2-12H,14H2,1H3,(H,28,29,31). The molecule has 0 saturated carbocycles. The average molecular weight is 468 g/mol. The number of fused-ring (bicyclic) bond motifs is 3. The van der Waals surface area contributed by atoms with E-state index in [4.69, 9.17) is 9.15 Å². The number of hydrogen-bond donors (Lipinski definition) is 1. The lowest BCUT2D eigenvalue weighted by Gasteiger charge is -2.10. The van der Waals surface area contributed by atoms with E-state index in [0.717, 1.165) is 21.7 Å². The number of aromatic nitrogens is 2. The van der Waals surface area contributed by atoms with E-state index < -0.39 is 11.2 Å². The maximum Gasteiger partial charge on any atom is 0.336 e. The summed E-state index contributed by atoms with van der Waals surface area (Å²) in [6, 6.07) is 22.0. The molecule has 166 valence electrons. The van der Waals surface area contributed by atoms with Gasteiger partial charge in [0, 0.05) is 22.8 Å². The summed E-state index contributed by atoms with van der Waals surface area (Å²) in [7, 11) is 1.56. The predicted molar refractivity (Wildman–Crippen MR) is 131 cm³/mol. The molecule has 34 heavy (non-hydrogen) atoms. The van der Waals surface area contributed by atoms with Gasteiger partial charge in [0.05, 0.1) is 12.8 Å². The molecule has 0 fully saturated rings. The third-order valence-electron chi connectivity index (χ3n) is 5.45. The van der Waals surface area contributed by atoms with Crippen molar-refractivity contribution in [3.8, 4) is 23.1 Å². The molecule has 0 aliphatic carbocycles. The van der Waals surface area contributed by atoms with Gasteiger partial charge in [-0.25, -0.2) is 9.78 Å². The predicted octanol–water partition coefficient (Wildman–Crippen LogP) is 4.87. The highest BCUT2D eigenvalue weighted by atomic mass is 32.2. The summed E-state index contributed by atoms with van der Waals surface area (Å²) in [4.78, 5) is 32.0. The zero-order valence-corrected chi connectivity index (χ0v) is 18.8. The van der Waals surface area contributed by atoms with E-state index in [1.165, 1.54) is 17.8 Å². The van der Waals surface area contributed by atoms with Crippen molar-refractivity contribution in [3.05, 3.63) is 98.6 Å². The molecule has 1 N–H and O–H groups in total. The maximum atomic E-state index is 12.6. The van der Waals surface area contributed by atoms with Gasteiger partial charge in [-0.1, -0.05) is 42.1 Å². The Kier molecular flexibility index (Phi) is 5.62. The molecule has 2 aromatic heterocycles. The van der Waals surface area contributed by atoms with Crippen molar-refractivity contribution in [2.24, 2.45) is 0 Å². The molecule has 0 spiro atoms. The Morgan fingerprint density at radius 2 is 1.88 bits per heavy atom. The van der Waals surface area contributed by atoms with Crippen LogP contribution in [0.25, 0.3) is 33.0 Å². The lowest BCUT2D eigenvalue weighted by Crippen LogP contribution is -2.14. The quantitative estimate of drug-likeness (QED) is 0.170. The van der Waals surface area contributed by atoms with Crippen LogP contribution in [0.4, 0.5) is 0 Å². The number of hydrogen-bond acceptors (Lipinski definition) is 7. The summed E-state index contributed by atoms with van der Waals surface area (Å²) < 4.78 is 10.6. The Morgan fingerprint density at radius 1 is 1.09 bits per heavy atom. The van der Waals surface area contributed by atoms with Crippen LogP contribution in [0.3, 0.4) is 0 Å². The van der Waals surface area contributed by atoms with Gasteiger partial charge in [0.2, 0.25) is 0 Å². The van der Waals surface area contributed by atoms with Crippen molar-refractivity contribution in [1.82, 2.24) is 9.97 Å². The van der Waals surface area contributed by atoms with Crippen LogP contribution in [0.2, 0.25) is 0 Å². The summed E-state index contributed by atoms with van der Waals surface area (Å²) in [5.41, 5.74) is 1.16. The van der Waals surface area contributed by atoms with Gasteiger partial charge in [-0.2, -0.15) is 5.26 Å². The molecule has 2 heterocycles. The monoisotopic (exact) mass is 467 g/mol. The van der Waals surface area contributed by atoms with Crippen LogP contribution in [0.1, 0.15) is 11.1 Å². The first kappa shape index (κ1) is 21.5. The van der Waals surface area contributed by atoms with Gasteiger partial charge in [-0.15, -0.1) is 0 Å². The van der Waals surface area contributed by atoms with Gasteiger partial charge < -0.3 is 14.1 Å². The highest BCUT2D eigenvalue weighted by molar-refractivity contribution is 7.98. The van der Waals surface area contributed by atoms with Gasteiger partial charge in [0.1, 0.15) is 23.0 Å². The number of nitrogens with zero attached hydrogens (tertiary/aromatic N) is 2. The van der Waals surface area contributed by atoms with Crippen molar-refractivity contribution in [2.75, 3.05) is 7.11 Å². The summed E-state index contributed by atoms with van der Waals surface area (Å²) in [6.45, 7) is 0. The zero-order valence-electron chi connectivity index (χ0n) is 18.0. The average Bonchev–Trinajstić information content (AvgIpc) is 2.86. The van der Waals surface area contributed by atoms with Crippen molar-refractivity contribution >= 4 is 33.5 Å². The molecule has 5 aromatic rings. The van der Waals surface area contributed by atoms with Crippen molar-refractivity contribution in [3.63, 3.8) is 0 Å². The van der Waals surface area contributed by atoms with Gasteiger partial charge in [-0.05, 0) is 46.7 Å². The first-order valence-electron chi connectivity index (χ1n) is 10.3. The van der Waals surface area contributed by atoms with Gasteiger partial charge in [0.15, 0.2) is 5.16 Å². The Morgan fingerprint density at radius 3 is 2.65 bits per heavy atom. The van der Waals surface area contributed by atoms with Crippen LogP contribution in [0.15, 0.2) is 85.9 Å². The SMILES string of the molecule is COc1ccc(-c2nc(SCc3cc(=O)oc4ccc5ccccc5c34)[nH]c(=O)c2C#N)cc1. The smallest absolute Gasteiger partial charge is 0.336 e. The summed E-state index contributed by atoms with van der Waals surface area (Å²) in [5.74, 6) is 1.02. The molecule has 0 atom stereocenters. The molecule has 0 unspecified atom stereocenters. The largest absolute Gasteiger partial charge is 0.497 e. The van der Waals surface area contributed by atoms with Crippen LogP contribution in [0.5, 0.6) is 5.75 Å². The number of benzene rings is 3. The van der Waals surface area contributed by atoms with E-state index in [9.17, 15) is 14.9 Å². The fourth-order valence-electron chi connectivity index (χ4n) is 3.86. The van der Waals surface area contributed by atoms with Gasteiger partial charge >= 0.3 is 5.63 Å². The fourth-order valence-corrected chi connectivity index (χ4v) is 4.70. The zero-order chi connectivity index (χ0) is 23.7. The number of nitrogens with one attached hydrogen (secondary N) is 1. The summed E-state index contributed by atoms with van der Waals surface area (Å²) in [6.07, 6.45) is 0.